The molecule has 1 atom stereocenters. The summed E-state index contributed by atoms with van der Waals surface area (Å²) in [6, 6.07) is 4.51. The number of thiophene rings is 1. The highest BCUT2D eigenvalue weighted by atomic mass is 79.9. The first kappa shape index (κ1) is 16.5. The van der Waals surface area contributed by atoms with Crippen LogP contribution >= 0.6 is 27.3 Å². The minimum atomic E-state index is -4.70. The van der Waals surface area contributed by atoms with E-state index in [1.54, 1.807) is 13.1 Å². The van der Waals surface area contributed by atoms with Gasteiger partial charge in [-0.3, -0.25) is 0 Å². The van der Waals surface area contributed by atoms with Gasteiger partial charge in [-0.05, 0) is 42.0 Å². The number of halogens is 5. The van der Waals surface area contributed by atoms with Crippen molar-refractivity contribution >= 4 is 27.3 Å². The molecule has 1 nitrogen and oxygen atoms in total. The molecule has 0 saturated carbocycles. The van der Waals surface area contributed by atoms with Crippen LogP contribution in [-0.4, -0.2) is 7.05 Å². The molecule has 1 aromatic carbocycles. The third-order valence-corrected chi connectivity index (χ3v) is 5.30. The molecule has 0 radical (unpaired) electrons. The van der Waals surface area contributed by atoms with Gasteiger partial charge in [0.2, 0.25) is 0 Å². The summed E-state index contributed by atoms with van der Waals surface area (Å²) in [4.78, 5) is 1.73. The van der Waals surface area contributed by atoms with Crippen LogP contribution in [0.25, 0.3) is 0 Å². The lowest BCUT2D eigenvalue weighted by Gasteiger charge is -2.18. The maximum absolute atomic E-state index is 14.2. The van der Waals surface area contributed by atoms with Gasteiger partial charge in [0.25, 0.3) is 0 Å². The lowest BCUT2D eigenvalue weighted by atomic mass is 10.0. The second-order valence-corrected chi connectivity index (χ2v) is 6.62. The van der Waals surface area contributed by atoms with E-state index < -0.39 is 23.6 Å². The molecule has 2 aromatic rings. The fourth-order valence-corrected chi connectivity index (χ4v) is 3.76. The van der Waals surface area contributed by atoms with Crippen LogP contribution in [0.2, 0.25) is 0 Å². The van der Waals surface area contributed by atoms with E-state index in [-0.39, 0.29) is 5.56 Å². The Labute approximate surface area is 132 Å². The van der Waals surface area contributed by atoms with Gasteiger partial charge in [0.1, 0.15) is 5.82 Å². The van der Waals surface area contributed by atoms with Crippen molar-refractivity contribution in [3.05, 3.63) is 55.4 Å². The van der Waals surface area contributed by atoms with Gasteiger partial charge in [0, 0.05) is 19.8 Å². The third-order valence-electron chi connectivity index (χ3n) is 3.09. The van der Waals surface area contributed by atoms with Crippen molar-refractivity contribution in [3.63, 3.8) is 0 Å². The van der Waals surface area contributed by atoms with Gasteiger partial charge in [0.05, 0.1) is 11.6 Å². The second-order valence-electron chi connectivity index (χ2n) is 4.48. The van der Waals surface area contributed by atoms with Crippen LogP contribution in [0.4, 0.5) is 17.6 Å². The monoisotopic (exact) mass is 381 g/mol. The molecule has 21 heavy (non-hydrogen) atoms. The van der Waals surface area contributed by atoms with E-state index in [1.807, 2.05) is 6.92 Å². The Morgan fingerprint density at radius 2 is 1.95 bits per heavy atom. The SMILES string of the molecule is CNC(c1cc(Br)c(C)s1)c1cccc(C(F)(F)F)c1F. The van der Waals surface area contributed by atoms with Gasteiger partial charge in [-0.15, -0.1) is 11.3 Å². The maximum Gasteiger partial charge on any atom is 0.419 e. The van der Waals surface area contributed by atoms with Crippen molar-refractivity contribution in [1.29, 1.82) is 0 Å². The summed E-state index contributed by atoms with van der Waals surface area (Å²) in [7, 11) is 1.59. The van der Waals surface area contributed by atoms with Crippen molar-refractivity contribution < 1.29 is 17.6 Å². The van der Waals surface area contributed by atoms with Crippen molar-refractivity contribution in [2.75, 3.05) is 7.05 Å². The van der Waals surface area contributed by atoms with E-state index in [1.165, 1.54) is 23.5 Å². The normalized spacial score (nSPS) is 13.5. The summed E-state index contributed by atoms with van der Waals surface area (Å²) >= 11 is 4.77. The molecule has 2 rings (SSSR count). The first-order valence-corrected chi connectivity index (χ1v) is 7.65. The largest absolute Gasteiger partial charge is 0.419 e. The molecular weight excluding hydrogens is 370 g/mol. The zero-order valence-electron chi connectivity index (χ0n) is 11.2. The van der Waals surface area contributed by atoms with Crippen LogP contribution in [0.15, 0.2) is 28.7 Å². The molecule has 1 aromatic heterocycles. The Morgan fingerprint density at radius 1 is 1.29 bits per heavy atom. The van der Waals surface area contributed by atoms with Gasteiger partial charge < -0.3 is 5.32 Å². The Bertz CT molecular complexity index is 631. The highest BCUT2D eigenvalue weighted by molar-refractivity contribution is 9.10. The quantitative estimate of drug-likeness (QED) is 0.712. The molecule has 0 bridgehead atoms. The number of rotatable bonds is 3. The van der Waals surface area contributed by atoms with Gasteiger partial charge in [-0.2, -0.15) is 13.2 Å². The molecule has 0 saturated heterocycles. The smallest absolute Gasteiger partial charge is 0.309 e. The Morgan fingerprint density at radius 3 is 2.43 bits per heavy atom. The molecule has 0 fully saturated rings. The van der Waals surface area contributed by atoms with Gasteiger partial charge in [0.15, 0.2) is 0 Å². The molecule has 114 valence electrons. The number of hydrogen-bond donors (Lipinski definition) is 1. The zero-order valence-corrected chi connectivity index (χ0v) is 13.6. The summed E-state index contributed by atoms with van der Waals surface area (Å²) in [5.41, 5.74) is -1.26. The van der Waals surface area contributed by atoms with Crippen LogP contribution in [-0.2, 0) is 6.18 Å². The number of hydrogen-bond acceptors (Lipinski definition) is 2. The summed E-state index contributed by atoms with van der Waals surface area (Å²) in [5, 5.41) is 2.88. The Balaban J connectivity index is 2.53. The average Bonchev–Trinajstić information content (AvgIpc) is 2.71. The number of aryl methyl sites for hydroxylation is 1. The molecule has 0 aliphatic heterocycles. The lowest BCUT2D eigenvalue weighted by Crippen LogP contribution is -2.20. The number of alkyl halides is 3. The molecule has 7 heteroatoms. The molecule has 0 amide bonds. The summed E-state index contributed by atoms with van der Waals surface area (Å²) in [6.45, 7) is 1.88. The van der Waals surface area contributed by atoms with Crippen molar-refractivity contribution in [3.8, 4) is 0 Å². The average molecular weight is 382 g/mol. The summed E-state index contributed by atoms with van der Waals surface area (Å²) in [6.07, 6.45) is -4.70. The lowest BCUT2D eigenvalue weighted by molar-refractivity contribution is -0.140. The predicted molar refractivity (Wildman–Crippen MR) is 79.1 cm³/mol. The summed E-state index contributed by atoms with van der Waals surface area (Å²) in [5.74, 6) is -1.23. The van der Waals surface area contributed by atoms with Gasteiger partial charge >= 0.3 is 6.18 Å². The highest BCUT2D eigenvalue weighted by Crippen LogP contribution is 2.38. The Kier molecular flexibility index (Phi) is 4.75. The molecular formula is C14H12BrF4NS. The van der Waals surface area contributed by atoms with Crippen molar-refractivity contribution in [2.45, 2.75) is 19.1 Å². The van der Waals surface area contributed by atoms with Crippen LogP contribution in [0.1, 0.15) is 26.9 Å². The molecule has 0 spiro atoms. The zero-order chi connectivity index (χ0) is 15.8. The topological polar surface area (TPSA) is 12.0 Å². The minimum absolute atomic E-state index is 0.0129. The van der Waals surface area contributed by atoms with Gasteiger partial charge in [-0.1, -0.05) is 12.1 Å². The fourth-order valence-electron chi connectivity index (χ4n) is 2.07. The van der Waals surface area contributed by atoms with E-state index in [2.05, 4.69) is 21.2 Å². The number of nitrogens with one attached hydrogen (secondary N) is 1. The van der Waals surface area contributed by atoms with Crippen molar-refractivity contribution in [1.82, 2.24) is 5.32 Å². The molecule has 1 N–H and O–H groups in total. The Hall–Kier alpha value is -0.920. The molecule has 0 aliphatic rings. The molecule has 1 heterocycles. The number of benzene rings is 1. The van der Waals surface area contributed by atoms with Crippen LogP contribution in [0.3, 0.4) is 0 Å². The maximum atomic E-state index is 14.2. The van der Waals surface area contributed by atoms with Crippen LogP contribution < -0.4 is 5.32 Å². The molecule has 1 unspecified atom stereocenters. The van der Waals surface area contributed by atoms with E-state index in [0.717, 1.165) is 20.3 Å². The fraction of sp³-hybridized carbons (Fsp3) is 0.286. The van der Waals surface area contributed by atoms with E-state index >= 15 is 0 Å². The molecule has 0 aliphatic carbocycles. The minimum Gasteiger partial charge on any atom is -0.309 e. The van der Waals surface area contributed by atoms with Crippen LogP contribution in [0, 0.1) is 12.7 Å². The van der Waals surface area contributed by atoms with E-state index in [9.17, 15) is 17.6 Å². The van der Waals surface area contributed by atoms with E-state index in [0.29, 0.717) is 0 Å². The van der Waals surface area contributed by atoms with Gasteiger partial charge in [-0.25, -0.2) is 4.39 Å². The first-order chi connectivity index (χ1) is 9.75. The third kappa shape index (κ3) is 3.30. The summed E-state index contributed by atoms with van der Waals surface area (Å²) < 4.78 is 53.5. The van der Waals surface area contributed by atoms with Crippen LogP contribution in [0.5, 0.6) is 0 Å². The standard InChI is InChI=1S/C14H12BrF4NS/c1-7-10(15)6-11(21-7)13(20-2)8-4-3-5-9(12(8)16)14(17,18)19/h3-6,13,20H,1-2H3. The second kappa shape index (κ2) is 6.06. The highest BCUT2D eigenvalue weighted by Gasteiger charge is 2.36. The predicted octanol–water partition coefficient (Wildman–Crippen LogP) is 5.29. The first-order valence-electron chi connectivity index (χ1n) is 6.04. The van der Waals surface area contributed by atoms with Crippen molar-refractivity contribution in [2.24, 2.45) is 0 Å². The van der Waals surface area contributed by atoms with E-state index in [4.69, 9.17) is 0 Å².